The molecule has 1 aliphatic heterocycles. The number of benzene rings is 1. The lowest BCUT2D eigenvalue weighted by molar-refractivity contribution is 0.172. The first-order valence-corrected chi connectivity index (χ1v) is 11.4. The smallest absolute Gasteiger partial charge is 0.231 e. The summed E-state index contributed by atoms with van der Waals surface area (Å²) < 4.78 is 11.9. The van der Waals surface area contributed by atoms with Gasteiger partial charge in [0.05, 0.1) is 21.8 Å². The summed E-state index contributed by atoms with van der Waals surface area (Å²) in [6, 6.07) is 4.20. The number of nitrogens with two attached hydrogens (primary N) is 1. The molecule has 0 saturated heterocycles. The van der Waals surface area contributed by atoms with Gasteiger partial charge in [-0.1, -0.05) is 24.4 Å². The maximum Gasteiger partial charge on any atom is 0.231 e. The number of H-pyrrole nitrogens is 1. The van der Waals surface area contributed by atoms with Gasteiger partial charge in [0.2, 0.25) is 5.95 Å². The van der Waals surface area contributed by atoms with E-state index in [2.05, 4.69) is 25.6 Å². The van der Waals surface area contributed by atoms with Crippen LogP contribution in [-0.4, -0.2) is 47.0 Å². The number of fused-ring (bicyclic) bond motifs is 2. The minimum Gasteiger partial charge on any atom is -0.485 e. The van der Waals surface area contributed by atoms with Gasteiger partial charge >= 0.3 is 0 Å². The molecule has 5 N–H and O–H groups in total. The monoisotopic (exact) mass is 467 g/mol. The lowest BCUT2D eigenvalue weighted by Gasteiger charge is -2.24. The Labute approximate surface area is 196 Å². The number of halogens is 1. The molecular weight excluding hydrogens is 442 g/mol. The van der Waals surface area contributed by atoms with Gasteiger partial charge < -0.3 is 30.8 Å². The summed E-state index contributed by atoms with van der Waals surface area (Å²) >= 11 is 6.42. The van der Waals surface area contributed by atoms with Crippen molar-refractivity contribution in [3.05, 3.63) is 41.2 Å². The van der Waals surface area contributed by atoms with Gasteiger partial charge in [-0.05, 0) is 37.3 Å². The number of rotatable bonds is 6. The summed E-state index contributed by atoms with van der Waals surface area (Å²) in [4.78, 5) is 16.8. The Bertz CT molecular complexity index is 1230. The van der Waals surface area contributed by atoms with Crippen molar-refractivity contribution in [2.45, 2.75) is 31.7 Å². The Kier molecular flexibility index (Phi) is 5.95. The number of anilines is 3. The summed E-state index contributed by atoms with van der Waals surface area (Å²) in [5.41, 5.74) is 8.45. The van der Waals surface area contributed by atoms with Crippen molar-refractivity contribution >= 4 is 45.8 Å². The number of ether oxygens (including phenoxy) is 2. The van der Waals surface area contributed by atoms with Gasteiger partial charge in [0.1, 0.15) is 24.7 Å². The molecule has 0 atom stereocenters. The Morgan fingerprint density at radius 2 is 2.00 bits per heavy atom. The topological polar surface area (TPSA) is 122 Å². The molecule has 2 aliphatic rings. The Morgan fingerprint density at radius 3 is 2.76 bits per heavy atom. The highest BCUT2D eigenvalue weighted by molar-refractivity contribution is 6.36. The largest absolute Gasteiger partial charge is 0.485 e. The molecule has 10 heteroatoms. The third kappa shape index (κ3) is 4.16. The maximum atomic E-state index is 6.42. The molecule has 1 saturated carbocycles. The van der Waals surface area contributed by atoms with Crippen molar-refractivity contribution in [2.75, 3.05) is 30.9 Å². The van der Waals surface area contributed by atoms with Gasteiger partial charge in [-0.25, -0.2) is 0 Å². The highest BCUT2D eigenvalue weighted by atomic mass is 35.5. The SMILES string of the molecule is CN=C(C=CN)c1ccc(Nc2nc(NC3CCCC3)c3c(Cl)c[nH]c3n2)c2c1OCCO2. The zero-order valence-corrected chi connectivity index (χ0v) is 19.1. The van der Waals surface area contributed by atoms with Gasteiger partial charge in [0.15, 0.2) is 11.5 Å². The molecule has 5 rings (SSSR count). The van der Waals surface area contributed by atoms with Crippen LogP contribution in [0.1, 0.15) is 31.2 Å². The van der Waals surface area contributed by atoms with Crippen LogP contribution in [0.4, 0.5) is 17.5 Å². The number of aromatic amines is 1. The van der Waals surface area contributed by atoms with Crippen LogP contribution in [0.3, 0.4) is 0 Å². The first-order valence-electron chi connectivity index (χ1n) is 11.0. The maximum absolute atomic E-state index is 6.42. The molecule has 9 nitrogen and oxygen atoms in total. The molecule has 1 aromatic carbocycles. The van der Waals surface area contributed by atoms with E-state index in [-0.39, 0.29) is 0 Å². The fourth-order valence-corrected chi connectivity index (χ4v) is 4.59. The summed E-state index contributed by atoms with van der Waals surface area (Å²) in [6.07, 6.45) is 9.59. The van der Waals surface area contributed by atoms with E-state index in [1.54, 1.807) is 19.3 Å². The average Bonchev–Trinajstić information content (AvgIpc) is 3.48. The lowest BCUT2D eigenvalue weighted by Crippen LogP contribution is -2.19. The Hall–Kier alpha value is -3.46. The predicted molar refractivity (Wildman–Crippen MR) is 131 cm³/mol. The van der Waals surface area contributed by atoms with E-state index in [9.17, 15) is 0 Å². The van der Waals surface area contributed by atoms with Gasteiger partial charge in [0.25, 0.3) is 0 Å². The van der Waals surface area contributed by atoms with Crippen LogP contribution >= 0.6 is 11.6 Å². The number of hydrogen-bond donors (Lipinski definition) is 4. The van der Waals surface area contributed by atoms with Crippen LogP contribution in [0.2, 0.25) is 5.02 Å². The molecule has 0 spiro atoms. The number of aliphatic imine (C=N–C) groups is 1. The lowest BCUT2D eigenvalue weighted by atomic mass is 10.1. The molecule has 3 aromatic rings. The third-order valence-corrected chi connectivity index (χ3v) is 6.18. The van der Waals surface area contributed by atoms with Crippen molar-refractivity contribution < 1.29 is 9.47 Å². The minimum absolute atomic E-state index is 0.382. The van der Waals surface area contributed by atoms with E-state index < -0.39 is 0 Å². The van der Waals surface area contributed by atoms with Gasteiger partial charge in [-0.2, -0.15) is 9.97 Å². The fourth-order valence-electron chi connectivity index (χ4n) is 4.35. The van der Waals surface area contributed by atoms with Crippen LogP contribution in [0.5, 0.6) is 11.5 Å². The van der Waals surface area contributed by atoms with E-state index in [4.69, 9.17) is 31.8 Å². The molecule has 33 heavy (non-hydrogen) atoms. The second kappa shape index (κ2) is 9.19. The van der Waals surface area contributed by atoms with Gasteiger partial charge in [-0.3, -0.25) is 4.99 Å². The molecule has 0 radical (unpaired) electrons. The minimum atomic E-state index is 0.382. The van der Waals surface area contributed by atoms with Crippen molar-refractivity contribution in [1.29, 1.82) is 0 Å². The van der Waals surface area contributed by atoms with Crippen molar-refractivity contribution in [1.82, 2.24) is 15.0 Å². The highest BCUT2D eigenvalue weighted by Gasteiger charge is 2.24. The zero-order chi connectivity index (χ0) is 22.8. The summed E-state index contributed by atoms with van der Waals surface area (Å²) in [7, 11) is 1.71. The molecule has 0 amide bonds. The van der Waals surface area contributed by atoms with E-state index in [1.807, 2.05) is 12.1 Å². The molecule has 3 heterocycles. The normalized spacial score (nSPS) is 16.6. The van der Waals surface area contributed by atoms with E-state index in [0.717, 1.165) is 29.6 Å². The quantitative estimate of drug-likeness (QED) is 0.397. The molecule has 0 bridgehead atoms. The summed E-state index contributed by atoms with van der Waals surface area (Å²) in [6.45, 7) is 0.892. The van der Waals surface area contributed by atoms with Crippen LogP contribution in [-0.2, 0) is 0 Å². The zero-order valence-electron chi connectivity index (χ0n) is 18.3. The van der Waals surface area contributed by atoms with Crippen molar-refractivity contribution in [2.24, 2.45) is 10.7 Å². The van der Waals surface area contributed by atoms with Gasteiger partial charge in [0, 0.05) is 24.8 Å². The Morgan fingerprint density at radius 1 is 1.21 bits per heavy atom. The van der Waals surface area contributed by atoms with Crippen molar-refractivity contribution in [3.63, 3.8) is 0 Å². The van der Waals surface area contributed by atoms with Crippen LogP contribution in [0.15, 0.2) is 35.6 Å². The predicted octanol–water partition coefficient (Wildman–Crippen LogP) is 4.37. The van der Waals surface area contributed by atoms with E-state index >= 15 is 0 Å². The summed E-state index contributed by atoms with van der Waals surface area (Å²) in [5.74, 6) is 2.34. The number of allylic oxidation sites excluding steroid dienone is 1. The second-order valence-electron chi connectivity index (χ2n) is 7.99. The number of aromatic nitrogens is 3. The van der Waals surface area contributed by atoms with Crippen LogP contribution < -0.4 is 25.8 Å². The van der Waals surface area contributed by atoms with Crippen LogP contribution in [0, 0.1) is 0 Å². The molecule has 172 valence electrons. The molecule has 0 unspecified atom stereocenters. The molecular formula is C23H26ClN7O2. The molecule has 1 fully saturated rings. The first-order chi connectivity index (χ1) is 16.2. The summed E-state index contributed by atoms with van der Waals surface area (Å²) in [5, 5.41) is 8.25. The van der Waals surface area contributed by atoms with E-state index in [1.165, 1.54) is 19.0 Å². The number of nitrogens with zero attached hydrogens (tertiary/aromatic N) is 3. The Balaban J connectivity index is 1.53. The van der Waals surface area contributed by atoms with E-state index in [0.29, 0.717) is 58.8 Å². The molecule has 2 aromatic heterocycles. The average molecular weight is 468 g/mol. The number of hydrogen-bond acceptors (Lipinski definition) is 8. The van der Waals surface area contributed by atoms with Crippen LogP contribution in [0.25, 0.3) is 11.0 Å². The first kappa shape index (κ1) is 21.4. The third-order valence-electron chi connectivity index (χ3n) is 5.89. The van der Waals surface area contributed by atoms with Gasteiger partial charge in [-0.15, -0.1) is 0 Å². The molecule has 1 aliphatic carbocycles. The fraction of sp³-hybridized carbons (Fsp3) is 0.348. The van der Waals surface area contributed by atoms with Crippen molar-refractivity contribution in [3.8, 4) is 11.5 Å². The second-order valence-corrected chi connectivity index (χ2v) is 8.40. The highest BCUT2D eigenvalue weighted by Crippen LogP contribution is 2.42. The number of nitrogens with one attached hydrogen (secondary N) is 3. The standard InChI is InChI=1S/C23H26ClN7O2/c1-26-16(8-9-25)14-6-7-17(20-19(14)32-10-11-33-20)29-23-30-21-18(15(24)12-27-21)22(31-23)28-13-4-2-3-5-13/h6-9,12-13H,2-5,10-11,25H2,1H3,(H3,27,28,29,30,31).